The molecule has 0 aromatic heterocycles. The Morgan fingerprint density at radius 3 is 2.43 bits per heavy atom. The fourth-order valence-electron chi connectivity index (χ4n) is 2.37. The highest BCUT2D eigenvalue weighted by atomic mass is 19.3. The van der Waals surface area contributed by atoms with Crippen LogP contribution in [0.25, 0.3) is 0 Å². The summed E-state index contributed by atoms with van der Waals surface area (Å²) in [4.78, 5) is 24.5. The molecule has 0 saturated carbocycles. The number of benzene rings is 1. The van der Waals surface area contributed by atoms with Gasteiger partial charge in [0.25, 0.3) is 5.91 Å². The van der Waals surface area contributed by atoms with Gasteiger partial charge in [-0.2, -0.15) is 8.78 Å². The van der Waals surface area contributed by atoms with Gasteiger partial charge < -0.3 is 19.5 Å². The number of nitrogens with zero attached hydrogens (tertiary/aromatic N) is 1. The number of carbonyl (C=O) groups excluding carboxylic acids is 1. The minimum atomic E-state index is -2.88. The zero-order chi connectivity index (χ0) is 17.0. The van der Waals surface area contributed by atoms with Gasteiger partial charge in [-0.15, -0.1) is 0 Å². The Balaban J connectivity index is 1.90. The van der Waals surface area contributed by atoms with E-state index in [0.717, 1.165) is 5.56 Å². The van der Waals surface area contributed by atoms with Crippen molar-refractivity contribution in [1.29, 1.82) is 0 Å². The number of hydrogen-bond donors (Lipinski definition) is 1. The lowest BCUT2D eigenvalue weighted by atomic mass is 10.1. The molecule has 1 aliphatic rings. The van der Waals surface area contributed by atoms with E-state index in [1.165, 1.54) is 17.0 Å². The van der Waals surface area contributed by atoms with Crippen molar-refractivity contribution in [2.45, 2.75) is 38.2 Å². The van der Waals surface area contributed by atoms with E-state index in [-0.39, 0.29) is 18.2 Å². The molecular formula is C15H17F2NO5. The zero-order valence-corrected chi connectivity index (χ0v) is 12.4. The lowest BCUT2D eigenvalue weighted by Crippen LogP contribution is -2.36. The van der Waals surface area contributed by atoms with Gasteiger partial charge in [0.05, 0.1) is 0 Å². The van der Waals surface area contributed by atoms with Gasteiger partial charge in [0, 0.05) is 13.6 Å². The molecule has 1 N–H and O–H groups in total. The highest BCUT2D eigenvalue weighted by Gasteiger charge is 2.35. The number of ether oxygens (including phenoxy) is 2. The number of likely N-dealkylation sites (N-methyl/N-ethyl adjacent to an activating group) is 1. The quantitative estimate of drug-likeness (QED) is 0.862. The number of carboxylic acid groups (broad SMARTS) is 1. The first-order valence-electron chi connectivity index (χ1n) is 7.04. The maximum atomic E-state index is 12.2. The largest absolute Gasteiger partial charge is 0.479 e. The number of aliphatic carboxylic acids is 1. The topological polar surface area (TPSA) is 76.1 Å². The van der Waals surface area contributed by atoms with Crippen LogP contribution in [0.4, 0.5) is 8.78 Å². The van der Waals surface area contributed by atoms with Gasteiger partial charge in [-0.25, -0.2) is 4.79 Å². The molecule has 0 aliphatic carbocycles. The Labute approximate surface area is 131 Å². The summed E-state index contributed by atoms with van der Waals surface area (Å²) in [5.74, 6) is -1.33. The number of rotatable bonds is 6. The fourth-order valence-corrected chi connectivity index (χ4v) is 2.37. The van der Waals surface area contributed by atoms with Crippen molar-refractivity contribution in [3.63, 3.8) is 0 Å². The fraction of sp³-hybridized carbons (Fsp3) is 0.467. The SMILES string of the molecule is CN(Cc1ccc(OC(F)F)cc1)C(=O)[C@@H]1CC[C@H](C(=O)O)O1. The first-order valence-corrected chi connectivity index (χ1v) is 7.04. The monoisotopic (exact) mass is 329 g/mol. The van der Waals surface area contributed by atoms with Gasteiger partial charge in [0.2, 0.25) is 0 Å². The minimum absolute atomic E-state index is 0.0427. The van der Waals surface area contributed by atoms with Crippen LogP contribution in [0.15, 0.2) is 24.3 Å². The second kappa shape index (κ2) is 7.36. The molecule has 1 fully saturated rings. The van der Waals surface area contributed by atoms with Crippen LogP contribution in [-0.4, -0.2) is 47.8 Å². The molecule has 1 amide bonds. The average molecular weight is 329 g/mol. The molecule has 1 aromatic rings. The summed E-state index contributed by atoms with van der Waals surface area (Å²) < 4.78 is 33.6. The first-order chi connectivity index (χ1) is 10.9. The smallest absolute Gasteiger partial charge is 0.387 e. The summed E-state index contributed by atoms with van der Waals surface area (Å²) in [6.07, 6.45) is -1.04. The third kappa shape index (κ3) is 4.62. The summed E-state index contributed by atoms with van der Waals surface area (Å²) in [5, 5.41) is 8.86. The highest BCUT2D eigenvalue weighted by Crippen LogP contribution is 2.22. The molecule has 1 aliphatic heterocycles. The molecule has 2 rings (SSSR count). The third-order valence-electron chi connectivity index (χ3n) is 3.51. The number of alkyl halides is 2. The second-order valence-corrected chi connectivity index (χ2v) is 5.25. The summed E-state index contributed by atoms with van der Waals surface area (Å²) in [6, 6.07) is 5.95. The first kappa shape index (κ1) is 17.1. The van der Waals surface area contributed by atoms with Crippen LogP contribution in [0.5, 0.6) is 5.75 Å². The standard InChI is InChI=1S/C15H17F2NO5/c1-18(13(19)11-6-7-12(23-11)14(20)21)8-9-2-4-10(5-3-9)22-15(16)17/h2-5,11-12,15H,6-8H2,1H3,(H,20,21)/t11-,12+/m0/s1. The van der Waals surface area contributed by atoms with Crippen molar-refractivity contribution in [3.05, 3.63) is 29.8 Å². The molecule has 0 bridgehead atoms. The summed E-state index contributed by atoms with van der Waals surface area (Å²) >= 11 is 0. The number of carbonyl (C=O) groups is 2. The Morgan fingerprint density at radius 2 is 1.91 bits per heavy atom. The highest BCUT2D eigenvalue weighted by molar-refractivity contribution is 5.82. The zero-order valence-electron chi connectivity index (χ0n) is 12.4. The lowest BCUT2D eigenvalue weighted by molar-refractivity contribution is -0.154. The van der Waals surface area contributed by atoms with Crippen molar-refractivity contribution in [3.8, 4) is 5.75 Å². The van der Waals surface area contributed by atoms with Crippen LogP contribution in [0.1, 0.15) is 18.4 Å². The maximum Gasteiger partial charge on any atom is 0.387 e. The van der Waals surface area contributed by atoms with E-state index in [1.54, 1.807) is 19.2 Å². The van der Waals surface area contributed by atoms with E-state index in [0.29, 0.717) is 12.8 Å². The maximum absolute atomic E-state index is 12.2. The van der Waals surface area contributed by atoms with E-state index in [9.17, 15) is 18.4 Å². The molecular weight excluding hydrogens is 312 g/mol. The molecule has 8 heteroatoms. The van der Waals surface area contributed by atoms with E-state index in [1.807, 2.05) is 0 Å². The number of amides is 1. The predicted octanol–water partition coefficient (Wildman–Crippen LogP) is 1.88. The molecule has 6 nitrogen and oxygen atoms in total. The van der Waals surface area contributed by atoms with E-state index in [4.69, 9.17) is 9.84 Å². The van der Waals surface area contributed by atoms with Crippen LogP contribution in [0, 0.1) is 0 Å². The van der Waals surface area contributed by atoms with Gasteiger partial charge in [0.1, 0.15) is 11.9 Å². The van der Waals surface area contributed by atoms with Gasteiger partial charge >= 0.3 is 12.6 Å². The van der Waals surface area contributed by atoms with Crippen LogP contribution < -0.4 is 4.74 Å². The summed E-state index contributed by atoms with van der Waals surface area (Å²) in [5.41, 5.74) is 0.732. The van der Waals surface area contributed by atoms with Gasteiger partial charge in [-0.3, -0.25) is 4.79 Å². The van der Waals surface area contributed by atoms with Gasteiger partial charge in [0.15, 0.2) is 6.10 Å². The lowest BCUT2D eigenvalue weighted by Gasteiger charge is -2.21. The number of halogens is 2. The number of hydrogen-bond acceptors (Lipinski definition) is 4. The van der Waals surface area contributed by atoms with Crippen LogP contribution in [0.2, 0.25) is 0 Å². The Morgan fingerprint density at radius 1 is 1.30 bits per heavy atom. The summed E-state index contributed by atoms with van der Waals surface area (Å²) in [6.45, 7) is -2.63. The van der Waals surface area contributed by atoms with Crippen molar-refractivity contribution < 1.29 is 33.0 Å². The molecule has 126 valence electrons. The van der Waals surface area contributed by atoms with E-state index >= 15 is 0 Å². The van der Waals surface area contributed by atoms with Crippen molar-refractivity contribution >= 4 is 11.9 Å². The van der Waals surface area contributed by atoms with E-state index in [2.05, 4.69) is 4.74 Å². The van der Waals surface area contributed by atoms with Crippen LogP contribution in [-0.2, 0) is 20.9 Å². The molecule has 1 heterocycles. The predicted molar refractivity (Wildman–Crippen MR) is 75.1 cm³/mol. The molecule has 0 radical (unpaired) electrons. The van der Waals surface area contributed by atoms with Crippen molar-refractivity contribution in [1.82, 2.24) is 4.90 Å². The Bertz CT molecular complexity index is 563. The molecule has 0 spiro atoms. The third-order valence-corrected chi connectivity index (χ3v) is 3.51. The molecule has 23 heavy (non-hydrogen) atoms. The van der Waals surface area contributed by atoms with Crippen LogP contribution >= 0.6 is 0 Å². The van der Waals surface area contributed by atoms with Crippen molar-refractivity contribution in [2.24, 2.45) is 0 Å². The number of carboxylic acids is 1. The van der Waals surface area contributed by atoms with Crippen molar-refractivity contribution in [2.75, 3.05) is 7.05 Å². The molecule has 0 unspecified atom stereocenters. The van der Waals surface area contributed by atoms with Gasteiger partial charge in [-0.1, -0.05) is 12.1 Å². The molecule has 1 saturated heterocycles. The second-order valence-electron chi connectivity index (χ2n) is 5.25. The van der Waals surface area contributed by atoms with Crippen LogP contribution in [0.3, 0.4) is 0 Å². The summed E-state index contributed by atoms with van der Waals surface area (Å²) in [7, 11) is 1.57. The minimum Gasteiger partial charge on any atom is -0.479 e. The Hall–Kier alpha value is -2.22. The van der Waals surface area contributed by atoms with E-state index < -0.39 is 24.8 Å². The normalized spacial score (nSPS) is 20.5. The Kier molecular flexibility index (Phi) is 5.49. The molecule has 1 aromatic carbocycles. The van der Waals surface area contributed by atoms with Gasteiger partial charge in [-0.05, 0) is 30.5 Å². The average Bonchev–Trinajstić information content (AvgIpc) is 2.98. The molecule has 2 atom stereocenters.